The maximum Gasteiger partial charge on any atom is 0.254 e. The summed E-state index contributed by atoms with van der Waals surface area (Å²) in [5.41, 5.74) is 2.06. The lowest BCUT2D eigenvalue weighted by Crippen LogP contribution is -2.27. The van der Waals surface area contributed by atoms with Gasteiger partial charge in [0.05, 0.1) is 18.3 Å². The standard InChI is InChI=1S/C18H20ClN5O/c1-25-10-15-9-16(24-18(22-15)20-11-21-24)23-17(12-3-2-4-12)13-5-7-14(19)8-6-13/h5-9,11-12,17,23H,2-4,10H2,1H3. The van der Waals surface area contributed by atoms with Gasteiger partial charge in [-0.1, -0.05) is 30.2 Å². The molecule has 25 heavy (non-hydrogen) atoms. The van der Waals surface area contributed by atoms with Gasteiger partial charge in [0.15, 0.2) is 0 Å². The Bertz CT molecular complexity index is 860. The van der Waals surface area contributed by atoms with Gasteiger partial charge in [0.25, 0.3) is 5.78 Å². The second kappa shape index (κ2) is 6.98. The summed E-state index contributed by atoms with van der Waals surface area (Å²) in [5, 5.41) is 8.72. The quantitative estimate of drug-likeness (QED) is 0.725. The summed E-state index contributed by atoms with van der Waals surface area (Å²) in [6.07, 6.45) is 5.23. The summed E-state index contributed by atoms with van der Waals surface area (Å²) in [4.78, 5) is 8.68. The highest BCUT2D eigenvalue weighted by Gasteiger charge is 2.29. The van der Waals surface area contributed by atoms with Gasteiger partial charge in [-0.15, -0.1) is 0 Å². The third-order valence-electron chi connectivity index (χ3n) is 4.75. The molecule has 1 aliphatic rings. The lowest BCUT2D eigenvalue weighted by atomic mass is 9.77. The van der Waals surface area contributed by atoms with Gasteiger partial charge in [-0.25, -0.2) is 4.98 Å². The van der Waals surface area contributed by atoms with Crippen LogP contribution in [-0.4, -0.2) is 26.7 Å². The zero-order valence-electron chi connectivity index (χ0n) is 14.0. The molecule has 7 heteroatoms. The number of hydrogen-bond donors (Lipinski definition) is 1. The molecule has 1 saturated carbocycles. The van der Waals surface area contributed by atoms with E-state index in [0.29, 0.717) is 18.3 Å². The Hall–Kier alpha value is -2.18. The summed E-state index contributed by atoms with van der Waals surface area (Å²) in [5.74, 6) is 2.04. The van der Waals surface area contributed by atoms with Crippen LogP contribution in [0.1, 0.15) is 36.6 Å². The van der Waals surface area contributed by atoms with E-state index in [2.05, 4.69) is 32.5 Å². The Morgan fingerprint density at radius 3 is 2.80 bits per heavy atom. The second-order valence-electron chi connectivity index (χ2n) is 6.40. The number of aromatic nitrogens is 4. The monoisotopic (exact) mass is 357 g/mol. The van der Waals surface area contributed by atoms with E-state index in [4.69, 9.17) is 16.3 Å². The third-order valence-corrected chi connectivity index (χ3v) is 5.00. The molecule has 0 saturated heterocycles. The molecule has 0 aliphatic heterocycles. The van der Waals surface area contributed by atoms with Crippen molar-refractivity contribution in [2.24, 2.45) is 5.92 Å². The predicted octanol–water partition coefficient (Wildman–Crippen LogP) is 3.88. The molecule has 0 spiro atoms. The first-order valence-electron chi connectivity index (χ1n) is 8.45. The van der Waals surface area contributed by atoms with Crippen molar-refractivity contribution in [1.82, 2.24) is 19.6 Å². The number of hydrogen-bond acceptors (Lipinski definition) is 5. The van der Waals surface area contributed by atoms with Crippen molar-refractivity contribution in [3.8, 4) is 0 Å². The Balaban J connectivity index is 1.70. The van der Waals surface area contributed by atoms with E-state index in [0.717, 1.165) is 16.5 Å². The molecular formula is C18H20ClN5O. The average Bonchev–Trinajstić information content (AvgIpc) is 3.02. The van der Waals surface area contributed by atoms with Crippen molar-refractivity contribution < 1.29 is 4.74 Å². The fraction of sp³-hybridized carbons (Fsp3) is 0.389. The Morgan fingerprint density at radius 2 is 2.12 bits per heavy atom. The lowest BCUT2D eigenvalue weighted by molar-refractivity contribution is 0.181. The van der Waals surface area contributed by atoms with Gasteiger partial charge in [0.2, 0.25) is 0 Å². The van der Waals surface area contributed by atoms with E-state index in [1.165, 1.54) is 31.2 Å². The van der Waals surface area contributed by atoms with Crippen LogP contribution in [0.3, 0.4) is 0 Å². The molecule has 2 heterocycles. The van der Waals surface area contributed by atoms with Crippen LogP contribution < -0.4 is 5.32 Å². The van der Waals surface area contributed by atoms with Gasteiger partial charge < -0.3 is 10.1 Å². The Labute approximate surface area is 151 Å². The first kappa shape index (κ1) is 16.3. The van der Waals surface area contributed by atoms with Gasteiger partial charge in [0, 0.05) is 18.2 Å². The Kier molecular flexibility index (Phi) is 4.55. The van der Waals surface area contributed by atoms with Crippen molar-refractivity contribution in [3.05, 3.63) is 52.9 Å². The number of halogens is 1. The minimum Gasteiger partial charge on any atom is -0.378 e. The largest absolute Gasteiger partial charge is 0.378 e. The van der Waals surface area contributed by atoms with E-state index in [9.17, 15) is 0 Å². The van der Waals surface area contributed by atoms with Crippen LogP contribution in [0.2, 0.25) is 5.02 Å². The van der Waals surface area contributed by atoms with E-state index in [1.807, 2.05) is 18.2 Å². The molecule has 1 fully saturated rings. The van der Waals surface area contributed by atoms with E-state index in [-0.39, 0.29) is 6.04 Å². The molecule has 1 unspecified atom stereocenters. The molecule has 1 N–H and O–H groups in total. The molecule has 2 aromatic heterocycles. The number of methoxy groups -OCH3 is 1. The van der Waals surface area contributed by atoms with Crippen LogP contribution in [0.25, 0.3) is 5.78 Å². The van der Waals surface area contributed by atoms with Gasteiger partial charge in [-0.2, -0.15) is 14.6 Å². The Morgan fingerprint density at radius 1 is 1.32 bits per heavy atom. The van der Waals surface area contributed by atoms with E-state index in [1.54, 1.807) is 11.6 Å². The van der Waals surface area contributed by atoms with Crippen molar-refractivity contribution in [1.29, 1.82) is 0 Å². The summed E-state index contributed by atoms with van der Waals surface area (Å²) in [6, 6.07) is 10.3. The smallest absolute Gasteiger partial charge is 0.254 e. The van der Waals surface area contributed by atoms with Crippen LogP contribution in [0, 0.1) is 5.92 Å². The zero-order chi connectivity index (χ0) is 17.2. The SMILES string of the molecule is COCc1cc(NC(c2ccc(Cl)cc2)C2CCC2)n2ncnc2n1. The number of rotatable bonds is 6. The fourth-order valence-electron chi connectivity index (χ4n) is 3.26. The second-order valence-corrected chi connectivity index (χ2v) is 6.84. The molecule has 1 atom stereocenters. The van der Waals surface area contributed by atoms with Crippen molar-refractivity contribution >= 4 is 23.2 Å². The van der Waals surface area contributed by atoms with Crippen molar-refractivity contribution in [2.45, 2.75) is 31.9 Å². The van der Waals surface area contributed by atoms with Crippen molar-refractivity contribution in [2.75, 3.05) is 12.4 Å². The van der Waals surface area contributed by atoms with Crippen LogP contribution in [0.4, 0.5) is 5.82 Å². The number of fused-ring (bicyclic) bond motifs is 1. The van der Waals surface area contributed by atoms with Gasteiger partial charge >= 0.3 is 0 Å². The molecule has 1 aromatic carbocycles. The minimum atomic E-state index is 0.205. The molecule has 6 nitrogen and oxygen atoms in total. The van der Waals surface area contributed by atoms with Gasteiger partial charge in [-0.05, 0) is 36.5 Å². The lowest BCUT2D eigenvalue weighted by Gasteiger charge is -2.35. The molecule has 130 valence electrons. The summed E-state index contributed by atoms with van der Waals surface area (Å²) >= 11 is 6.06. The molecule has 1 aliphatic carbocycles. The molecule has 4 rings (SSSR count). The maximum absolute atomic E-state index is 6.06. The topological polar surface area (TPSA) is 64.3 Å². The summed E-state index contributed by atoms with van der Waals surface area (Å²) in [7, 11) is 1.66. The molecule has 3 aromatic rings. The maximum atomic E-state index is 6.06. The van der Waals surface area contributed by atoms with Crippen LogP contribution in [-0.2, 0) is 11.3 Å². The summed E-state index contributed by atoms with van der Waals surface area (Å²) < 4.78 is 6.97. The average molecular weight is 358 g/mol. The van der Waals surface area contributed by atoms with Crippen LogP contribution in [0.5, 0.6) is 0 Å². The molecule has 0 bridgehead atoms. The predicted molar refractivity (Wildman–Crippen MR) is 96.7 cm³/mol. The number of nitrogens with zero attached hydrogens (tertiary/aromatic N) is 4. The molecule has 0 amide bonds. The number of anilines is 1. The number of benzene rings is 1. The molecule has 0 radical (unpaired) electrons. The first-order chi connectivity index (χ1) is 12.2. The van der Waals surface area contributed by atoms with Crippen LogP contribution >= 0.6 is 11.6 Å². The number of nitrogens with one attached hydrogen (secondary N) is 1. The summed E-state index contributed by atoms with van der Waals surface area (Å²) in [6.45, 7) is 0.438. The highest BCUT2D eigenvalue weighted by molar-refractivity contribution is 6.30. The number of ether oxygens (including phenoxy) is 1. The van der Waals surface area contributed by atoms with E-state index >= 15 is 0 Å². The van der Waals surface area contributed by atoms with Gasteiger partial charge in [-0.3, -0.25) is 0 Å². The van der Waals surface area contributed by atoms with E-state index < -0.39 is 0 Å². The normalized spacial score (nSPS) is 15.9. The fourth-order valence-corrected chi connectivity index (χ4v) is 3.39. The van der Waals surface area contributed by atoms with Gasteiger partial charge in [0.1, 0.15) is 12.1 Å². The highest BCUT2D eigenvalue weighted by atomic mass is 35.5. The minimum absolute atomic E-state index is 0.205. The first-order valence-corrected chi connectivity index (χ1v) is 8.83. The van der Waals surface area contributed by atoms with Crippen LogP contribution in [0.15, 0.2) is 36.7 Å². The third kappa shape index (κ3) is 3.32. The van der Waals surface area contributed by atoms with Crippen molar-refractivity contribution in [3.63, 3.8) is 0 Å². The molecular weight excluding hydrogens is 338 g/mol. The zero-order valence-corrected chi connectivity index (χ0v) is 14.8. The highest BCUT2D eigenvalue weighted by Crippen LogP contribution is 2.40.